The summed E-state index contributed by atoms with van der Waals surface area (Å²) >= 11 is 0. The fourth-order valence-electron chi connectivity index (χ4n) is 1.79. The minimum atomic E-state index is -0.776. The molecular formula is C14H12F3NO. The van der Waals surface area contributed by atoms with Crippen molar-refractivity contribution in [2.24, 2.45) is 0 Å². The van der Waals surface area contributed by atoms with E-state index in [4.69, 9.17) is 0 Å². The number of aliphatic hydroxyl groups is 1. The molecule has 0 heterocycles. The van der Waals surface area contributed by atoms with Gasteiger partial charge in [0.05, 0.1) is 12.6 Å². The van der Waals surface area contributed by atoms with Crippen LogP contribution in [-0.4, -0.2) is 11.7 Å². The molecule has 0 aliphatic rings. The molecule has 1 unspecified atom stereocenters. The molecule has 19 heavy (non-hydrogen) atoms. The van der Waals surface area contributed by atoms with Crippen LogP contribution in [0.15, 0.2) is 42.5 Å². The van der Waals surface area contributed by atoms with E-state index >= 15 is 0 Å². The number of nitrogens with one attached hydrogen (secondary N) is 1. The SMILES string of the molecule is OCC(Nc1cccc(F)c1)c1ccc(F)cc1F. The minimum Gasteiger partial charge on any atom is -0.394 e. The Morgan fingerprint density at radius 3 is 2.37 bits per heavy atom. The molecule has 0 radical (unpaired) electrons. The van der Waals surface area contributed by atoms with Gasteiger partial charge in [-0.25, -0.2) is 13.2 Å². The normalized spacial score (nSPS) is 12.2. The van der Waals surface area contributed by atoms with Crippen LogP contribution in [0.1, 0.15) is 11.6 Å². The van der Waals surface area contributed by atoms with E-state index in [1.807, 2.05) is 0 Å². The number of halogens is 3. The van der Waals surface area contributed by atoms with Gasteiger partial charge in [0.1, 0.15) is 17.5 Å². The molecule has 0 amide bonds. The predicted octanol–water partition coefficient (Wildman–Crippen LogP) is 3.25. The third-order valence-corrected chi connectivity index (χ3v) is 2.69. The molecule has 0 saturated carbocycles. The Morgan fingerprint density at radius 2 is 1.74 bits per heavy atom. The summed E-state index contributed by atoms with van der Waals surface area (Å²) in [5, 5.41) is 12.1. The van der Waals surface area contributed by atoms with E-state index in [9.17, 15) is 18.3 Å². The molecule has 1 atom stereocenters. The van der Waals surface area contributed by atoms with E-state index < -0.39 is 30.1 Å². The molecule has 2 aromatic rings. The number of rotatable bonds is 4. The number of hydrogen-bond donors (Lipinski definition) is 2. The fourth-order valence-corrected chi connectivity index (χ4v) is 1.79. The van der Waals surface area contributed by atoms with E-state index in [0.717, 1.165) is 12.1 Å². The standard InChI is InChI=1S/C14H12F3NO/c15-9-2-1-3-11(6-9)18-14(8-19)12-5-4-10(16)7-13(12)17/h1-7,14,18-19H,8H2. The zero-order chi connectivity index (χ0) is 13.8. The molecule has 0 fully saturated rings. The van der Waals surface area contributed by atoms with Gasteiger partial charge in [-0.05, 0) is 24.3 Å². The summed E-state index contributed by atoms with van der Waals surface area (Å²) in [6.07, 6.45) is 0. The molecule has 0 saturated heterocycles. The van der Waals surface area contributed by atoms with Crippen molar-refractivity contribution in [1.29, 1.82) is 0 Å². The van der Waals surface area contributed by atoms with E-state index in [0.29, 0.717) is 5.69 Å². The van der Waals surface area contributed by atoms with E-state index in [2.05, 4.69) is 5.32 Å². The topological polar surface area (TPSA) is 32.3 Å². The predicted molar refractivity (Wildman–Crippen MR) is 66.2 cm³/mol. The lowest BCUT2D eigenvalue weighted by atomic mass is 10.1. The van der Waals surface area contributed by atoms with Gasteiger partial charge in [-0.2, -0.15) is 0 Å². The number of anilines is 1. The highest BCUT2D eigenvalue weighted by atomic mass is 19.1. The molecule has 100 valence electrons. The number of benzene rings is 2. The zero-order valence-corrected chi connectivity index (χ0v) is 9.91. The zero-order valence-electron chi connectivity index (χ0n) is 9.91. The van der Waals surface area contributed by atoms with Crippen LogP contribution >= 0.6 is 0 Å². The van der Waals surface area contributed by atoms with Crippen LogP contribution in [0.2, 0.25) is 0 Å². The quantitative estimate of drug-likeness (QED) is 0.891. The Morgan fingerprint density at radius 1 is 1.00 bits per heavy atom. The first-order valence-electron chi connectivity index (χ1n) is 5.68. The Bertz CT molecular complexity index is 574. The fraction of sp³-hybridized carbons (Fsp3) is 0.143. The van der Waals surface area contributed by atoms with Gasteiger partial charge in [0.25, 0.3) is 0 Å². The molecule has 0 aliphatic heterocycles. The van der Waals surface area contributed by atoms with E-state index in [1.165, 1.54) is 24.3 Å². The highest BCUT2D eigenvalue weighted by Gasteiger charge is 2.15. The Balaban J connectivity index is 2.25. The van der Waals surface area contributed by atoms with Crippen LogP contribution in [0.3, 0.4) is 0 Å². The second-order valence-electron chi connectivity index (χ2n) is 4.06. The first-order valence-corrected chi connectivity index (χ1v) is 5.68. The maximum atomic E-state index is 13.6. The Hall–Kier alpha value is -2.01. The van der Waals surface area contributed by atoms with Gasteiger partial charge in [0, 0.05) is 17.3 Å². The van der Waals surface area contributed by atoms with Crippen LogP contribution in [0, 0.1) is 17.5 Å². The van der Waals surface area contributed by atoms with Gasteiger partial charge in [-0.1, -0.05) is 12.1 Å². The number of hydrogen-bond acceptors (Lipinski definition) is 2. The summed E-state index contributed by atoms with van der Waals surface area (Å²) in [7, 11) is 0. The summed E-state index contributed by atoms with van der Waals surface area (Å²) in [4.78, 5) is 0. The second-order valence-corrected chi connectivity index (χ2v) is 4.06. The summed E-state index contributed by atoms with van der Waals surface area (Å²) in [5.74, 6) is -1.90. The van der Waals surface area contributed by atoms with Gasteiger partial charge >= 0.3 is 0 Å². The second kappa shape index (κ2) is 5.75. The van der Waals surface area contributed by atoms with Gasteiger partial charge in [-0.15, -0.1) is 0 Å². The molecule has 2 rings (SSSR count). The van der Waals surface area contributed by atoms with Gasteiger partial charge in [0.15, 0.2) is 0 Å². The number of aliphatic hydroxyl groups excluding tert-OH is 1. The van der Waals surface area contributed by atoms with Crippen molar-refractivity contribution in [3.63, 3.8) is 0 Å². The maximum absolute atomic E-state index is 13.6. The molecular weight excluding hydrogens is 255 g/mol. The lowest BCUT2D eigenvalue weighted by Crippen LogP contribution is -2.16. The highest BCUT2D eigenvalue weighted by Crippen LogP contribution is 2.22. The average Bonchev–Trinajstić information content (AvgIpc) is 2.37. The lowest BCUT2D eigenvalue weighted by Gasteiger charge is -2.18. The molecule has 2 aromatic carbocycles. The minimum absolute atomic E-state index is 0.119. The smallest absolute Gasteiger partial charge is 0.131 e. The lowest BCUT2D eigenvalue weighted by molar-refractivity contribution is 0.273. The van der Waals surface area contributed by atoms with Crippen molar-refractivity contribution in [2.45, 2.75) is 6.04 Å². The van der Waals surface area contributed by atoms with Crippen molar-refractivity contribution in [3.8, 4) is 0 Å². The van der Waals surface area contributed by atoms with Crippen molar-refractivity contribution < 1.29 is 18.3 Å². The Kier molecular flexibility index (Phi) is 4.06. The molecule has 0 aliphatic carbocycles. The third kappa shape index (κ3) is 3.26. The van der Waals surface area contributed by atoms with Gasteiger partial charge in [-0.3, -0.25) is 0 Å². The molecule has 0 bridgehead atoms. The molecule has 0 spiro atoms. The first-order chi connectivity index (χ1) is 9.10. The van der Waals surface area contributed by atoms with Crippen LogP contribution in [0.4, 0.5) is 18.9 Å². The van der Waals surface area contributed by atoms with Crippen molar-refractivity contribution in [1.82, 2.24) is 0 Å². The largest absolute Gasteiger partial charge is 0.394 e. The van der Waals surface area contributed by atoms with E-state index in [1.54, 1.807) is 6.07 Å². The summed E-state index contributed by atoms with van der Waals surface area (Å²) in [5.41, 5.74) is 0.524. The van der Waals surface area contributed by atoms with Crippen LogP contribution in [-0.2, 0) is 0 Å². The molecule has 5 heteroatoms. The highest BCUT2D eigenvalue weighted by molar-refractivity contribution is 5.46. The summed E-state index contributed by atoms with van der Waals surface area (Å²) in [6.45, 7) is -0.404. The van der Waals surface area contributed by atoms with Crippen molar-refractivity contribution in [3.05, 3.63) is 65.5 Å². The van der Waals surface area contributed by atoms with Crippen molar-refractivity contribution >= 4 is 5.69 Å². The van der Waals surface area contributed by atoms with Crippen LogP contribution in [0.25, 0.3) is 0 Å². The molecule has 2 nitrogen and oxygen atoms in total. The maximum Gasteiger partial charge on any atom is 0.131 e. The van der Waals surface area contributed by atoms with Gasteiger partial charge < -0.3 is 10.4 Å². The monoisotopic (exact) mass is 267 g/mol. The average molecular weight is 267 g/mol. The summed E-state index contributed by atoms with van der Waals surface area (Å²) < 4.78 is 39.5. The van der Waals surface area contributed by atoms with Crippen LogP contribution < -0.4 is 5.32 Å². The molecule has 2 N–H and O–H groups in total. The summed E-state index contributed by atoms with van der Waals surface area (Å²) in [6, 6.07) is 7.90. The third-order valence-electron chi connectivity index (χ3n) is 2.69. The van der Waals surface area contributed by atoms with Gasteiger partial charge in [0.2, 0.25) is 0 Å². The van der Waals surface area contributed by atoms with E-state index in [-0.39, 0.29) is 5.56 Å². The van der Waals surface area contributed by atoms with Crippen molar-refractivity contribution in [2.75, 3.05) is 11.9 Å². The first kappa shape index (κ1) is 13.4. The Labute approximate surface area is 108 Å². The van der Waals surface area contributed by atoms with Crippen LogP contribution in [0.5, 0.6) is 0 Å². The molecule has 0 aromatic heterocycles.